The number of anilines is 1. The van der Waals surface area contributed by atoms with Crippen molar-refractivity contribution in [3.05, 3.63) is 52.8 Å². The fraction of sp³-hybridized carbons (Fsp3) is 0.483. The van der Waals surface area contributed by atoms with E-state index in [2.05, 4.69) is 25.4 Å². The maximum absolute atomic E-state index is 14.5. The van der Waals surface area contributed by atoms with E-state index in [0.717, 1.165) is 37.1 Å². The number of aromatic nitrogens is 4. The van der Waals surface area contributed by atoms with Gasteiger partial charge in [0.05, 0.1) is 41.6 Å². The van der Waals surface area contributed by atoms with Gasteiger partial charge in [0, 0.05) is 54.8 Å². The number of primary amides is 1. The number of ether oxygens (including phenoxy) is 1. The number of nitrogens with two attached hydrogens (primary N) is 1. The number of likely N-dealkylation sites (tertiary alicyclic amines) is 1. The van der Waals surface area contributed by atoms with Crippen molar-refractivity contribution in [3.63, 3.8) is 0 Å². The highest BCUT2D eigenvalue weighted by atomic mass is 35.5. The lowest BCUT2D eigenvalue weighted by Crippen LogP contribution is -2.51. The van der Waals surface area contributed by atoms with E-state index in [1.54, 1.807) is 0 Å². The van der Waals surface area contributed by atoms with Crippen molar-refractivity contribution in [2.75, 3.05) is 31.6 Å². The van der Waals surface area contributed by atoms with Gasteiger partial charge in [0.15, 0.2) is 5.82 Å². The van der Waals surface area contributed by atoms with Crippen LogP contribution in [0.1, 0.15) is 41.9 Å². The molecule has 3 aromatic rings. The van der Waals surface area contributed by atoms with Gasteiger partial charge in [-0.3, -0.25) is 19.7 Å². The number of amides is 2. The highest BCUT2D eigenvalue weighted by Crippen LogP contribution is 2.57. The van der Waals surface area contributed by atoms with Crippen LogP contribution < -0.4 is 20.7 Å². The number of carbonyl (C=O) groups excluding carboxylic acids is 2. The normalized spacial score (nSPS) is 28.0. The first-order valence-corrected chi connectivity index (χ1v) is 14.6. The molecule has 7 rings (SSSR count). The first kappa shape index (κ1) is 27.1. The van der Waals surface area contributed by atoms with Crippen LogP contribution in [0.15, 0.2) is 30.6 Å². The fourth-order valence-electron chi connectivity index (χ4n) is 7.22. The predicted molar refractivity (Wildman–Crippen MR) is 153 cm³/mol. The van der Waals surface area contributed by atoms with E-state index in [4.69, 9.17) is 27.1 Å². The molecule has 0 radical (unpaired) electrons. The molecule has 4 N–H and O–H groups in total. The maximum Gasteiger partial charge on any atom is 0.272 e. The SMILES string of the molecule is COc1cc(-c2cc(C(=O)N3CCC(C(N)=O)CC34CC4Cc3ncc(N4C[C@H]5C[C@@H]4CN5)cc3Cl)[nH]n2)c(F)cn1. The number of nitrogens with one attached hydrogen (secondary N) is 2. The third-order valence-electron chi connectivity index (χ3n) is 9.54. The van der Waals surface area contributed by atoms with Crippen molar-refractivity contribution in [3.8, 4) is 17.1 Å². The van der Waals surface area contributed by atoms with Gasteiger partial charge in [-0.15, -0.1) is 0 Å². The van der Waals surface area contributed by atoms with Crippen LogP contribution in [-0.2, 0) is 11.2 Å². The summed E-state index contributed by atoms with van der Waals surface area (Å²) in [5, 5.41) is 11.1. The minimum absolute atomic E-state index is 0.0655. The number of piperazine rings is 1. The predicted octanol–water partition coefficient (Wildman–Crippen LogP) is 2.56. The number of halogens is 2. The van der Waals surface area contributed by atoms with Gasteiger partial charge >= 0.3 is 0 Å². The summed E-state index contributed by atoms with van der Waals surface area (Å²) in [6.45, 7) is 2.30. The van der Waals surface area contributed by atoms with Gasteiger partial charge in [-0.1, -0.05) is 11.6 Å². The maximum atomic E-state index is 14.5. The number of H-pyrrole nitrogens is 1. The lowest BCUT2D eigenvalue weighted by Gasteiger charge is -2.40. The smallest absolute Gasteiger partial charge is 0.272 e. The molecule has 2 bridgehead atoms. The van der Waals surface area contributed by atoms with E-state index in [-0.39, 0.29) is 46.5 Å². The summed E-state index contributed by atoms with van der Waals surface area (Å²) in [4.78, 5) is 38.9. The number of carbonyl (C=O) groups is 2. The number of piperidine rings is 1. The Labute approximate surface area is 247 Å². The Kier molecular flexibility index (Phi) is 6.58. The van der Waals surface area contributed by atoms with E-state index in [1.165, 1.54) is 19.2 Å². The van der Waals surface area contributed by atoms with E-state index >= 15 is 0 Å². The number of pyridine rings is 2. The minimum Gasteiger partial charge on any atom is -0.481 e. The number of hydrogen-bond acceptors (Lipinski definition) is 8. The van der Waals surface area contributed by atoms with Crippen molar-refractivity contribution in [2.24, 2.45) is 17.6 Å². The molecule has 5 atom stereocenters. The van der Waals surface area contributed by atoms with Gasteiger partial charge in [0.1, 0.15) is 5.69 Å². The number of hydrogen-bond donors (Lipinski definition) is 3. The number of nitrogens with zero attached hydrogens (tertiary/aromatic N) is 5. The summed E-state index contributed by atoms with van der Waals surface area (Å²) in [5.74, 6) is -1.21. The van der Waals surface area contributed by atoms with Crippen LogP contribution in [0.3, 0.4) is 0 Å². The molecule has 0 aromatic carbocycles. The second kappa shape index (κ2) is 10.2. The molecule has 3 aromatic heterocycles. The first-order chi connectivity index (χ1) is 20.3. The molecule has 4 aliphatic rings. The molecule has 11 nitrogen and oxygen atoms in total. The lowest BCUT2D eigenvalue weighted by atomic mass is 9.86. The summed E-state index contributed by atoms with van der Waals surface area (Å²) < 4.78 is 19.6. The summed E-state index contributed by atoms with van der Waals surface area (Å²) in [6, 6.07) is 5.95. The Hall–Kier alpha value is -3.77. The van der Waals surface area contributed by atoms with E-state index in [1.807, 2.05) is 17.2 Å². The van der Waals surface area contributed by atoms with Crippen LogP contribution >= 0.6 is 11.6 Å². The molecule has 42 heavy (non-hydrogen) atoms. The Morgan fingerprint density at radius 3 is 2.81 bits per heavy atom. The Morgan fingerprint density at radius 2 is 2.10 bits per heavy atom. The molecule has 1 aliphatic carbocycles. The fourth-order valence-corrected chi connectivity index (χ4v) is 7.46. The van der Waals surface area contributed by atoms with E-state index in [0.29, 0.717) is 49.3 Å². The topological polar surface area (TPSA) is 142 Å². The molecule has 13 heteroatoms. The van der Waals surface area contributed by atoms with Gasteiger partial charge in [-0.2, -0.15) is 5.10 Å². The van der Waals surface area contributed by atoms with Crippen molar-refractivity contribution >= 4 is 29.1 Å². The first-order valence-electron chi connectivity index (χ1n) is 14.3. The monoisotopic (exact) mass is 594 g/mol. The molecule has 220 valence electrons. The zero-order valence-corrected chi connectivity index (χ0v) is 23.9. The number of rotatable bonds is 7. The summed E-state index contributed by atoms with van der Waals surface area (Å²) in [7, 11) is 1.44. The van der Waals surface area contributed by atoms with Crippen LogP contribution in [0, 0.1) is 17.7 Å². The molecule has 2 amide bonds. The van der Waals surface area contributed by atoms with Crippen molar-refractivity contribution in [2.45, 2.75) is 49.7 Å². The largest absolute Gasteiger partial charge is 0.481 e. The lowest BCUT2D eigenvalue weighted by molar-refractivity contribution is -0.124. The molecule has 6 heterocycles. The number of methoxy groups -OCH3 is 1. The second-order valence-corrected chi connectivity index (χ2v) is 12.3. The van der Waals surface area contributed by atoms with Gasteiger partial charge in [0.25, 0.3) is 5.91 Å². The Bertz CT molecular complexity index is 1570. The zero-order valence-electron chi connectivity index (χ0n) is 23.1. The molecule has 3 aliphatic heterocycles. The summed E-state index contributed by atoms with van der Waals surface area (Å²) in [6.07, 6.45) is 6.34. The standard InChI is InChI=1S/C29H32ClFN8O3/c1-42-26-7-20(22(31)13-35-26)23-8-25(37-36-23)28(41)39-3-2-15(27(32)40)9-29(39)10-16(29)4-24-21(30)6-19(12-34-24)38-14-17-5-18(38)11-33-17/h6-8,12-13,15-18,33H,2-5,9-11,14H2,1H3,(H2,32,40)(H,36,37)/t15?,16?,17-,18-,29?/m1/s1. The molecule has 3 saturated heterocycles. The average Bonchev–Trinajstić information content (AvgIpc) is 3.45. The second-order valence-electron chi connectivity index (χ2n) is 11.9. The highest BCUT2D eigenvalue weighted by molar-refractivity contribution is 6.31. The van der Waals surface area contributed by atoms with Crippen molar-refractivity contribution in [1.29, 1.82) is 0 Å². The van der Waals surface area contributed by atoms with Crippen LogP contribution in [0.25, 0.3) is 11.3 Å². The van der Waals surface area contributed by atoms with Gasteiger partial charge in [-0.05, 0) is 50.2 Å². The van der Waals surface area contributed by atoms with Gasteiger partial charge < -0.3 is 25.6 Å². The van der Waals surface area contributed by atoms with Gasteiger partial charge in [-0.25, -0.2) is 9.37 Å². The third kappa shape index (κ3) is 4.57. The Morgan fingerprint density at radius 1 is 1.24 bits per heavy atom. The Balaban J connectivity index is 1.11. The van der Waals surface area contributed by atoms with Crippen molar-refractivity contribution in [1.82, 2.24) is 30.4 Å². The average molecular weight is 595 g/mol. The highest BCUT2D eigenvalue weighted by Gasteiger charge is 2.62. The van der Waals surface area contributed by atoms with Gasteiger partial charge in [0.2, 0.25) is 11.8 Å². The molecule has 1 saturated carbocycles. The number of aromatic amines is 1. The van der Waals surface area contributed by atoms with Crippen LogP contribution in [0.5, 0.6) is 5.88 Å². The number of fused-ring (bicyclic) bond motifs is 2. The van der Waals surface area contributed by atoms with Crippen LogP contribution in [0.2, 0.25) is 5.02 Å². The van der Waals surface area contributed by atoms with E-state index < -0.39 is 11.4 Å². The van der Waals surface area contributed by atoms with Crippen LogP contribution in [0.4, 0.5) is 10.1 Å². The molecular weight excluding hydrogens is 563 g/mol. The molecule has 3 unspecified atom stereocenters. The van der Waals surface area contributed by atoms with Crippen molar-refractivity contribution < 1.29 is 18.7 Å². The summed E-state index contributed by atoms with van der Waals surface area (Å²) >= 11 is 6.76. The molecule has 4 fully saturated rings. The minimum atomic E-state index is -0.577. The van der Waals surface area contributed by atoms with E-state index in [9.17, 15) is 14.0 Å². The summed E-state index contributed by atoms with van der Waals surface area (Å²) in [5.41, 5.74) is 7.67. The van der Waals surface area contributed by atoms with Crippen LogP contribution in [-0.4, -0.2) is 81.2 Å². The molecule has 1 spiro atoms. The third-order valence-corrected chi connectivity index (χ3v) is 9.87. The zero-order chi connectivity index (χ0) is 29.2. The quantitative estimate of drug-likeness (QED) is 0.379. The molecular formula is C29H32ClFN8O3.